The van der Waals surface area contributed by atoms with Gasteiger partial charge in [0.25, 0.3) is 0 Å². The molecule has 21 heavy (non-hydrogen) atoms. The number of aromatic nitrogens is 1. The first-order valence-corrected chi connectivity index (χ1v) is 7.15. The van der Waals surface area contributed by atoms with Crippen LogP contribution < -0.4 is 15.2 Å². The highest BCUT2D eigenvalue weighted by Gasteiger charge is 2.13. The quantitative estimate of drug-likeness (QED) is 0.849. The third kappa shape index (κ3) is 4.23. The Morgan fingerprint density at radius 2 is 2.14 bits per heavy atom. The highest BCUT2D eigenvalue weighted by Crippen LogP contribution is 2.32. The van der Waals surface area contributed by atoms with E-state index in [0.29, 0.717) is 13.2 Å². The van der Waals surface area contributed by atoms with Crippen molar-refractivity contribution in [3.8, 4) is 11.5 Å². The third-order valence-corrected chi connectivity index (χ3v) is 2.94. The summed E-state index contributed by atoms with van der Waals surface area (Å²) in [5, 5.41) is 3.93. The van der Waals surface area contributed by atoms with Gasteiger partial charge in [0, 0.05) is 12.1 Å². The summed E-state index contributed by atoms with van der Waals surface area (Å²) < 4.78 is 16.6. The van der Waals surface area contributed by atoms with Crippen LogP contribution in [0.5, 0.6) is 11.5 Å². The molecule has 1 heterocycles. The molecule has 2 aromatic rings. The molecule has 0 aliphatic carbocycles. The Bertz CT molecular complexity index is 579. The first-order valence-electron chi connectivity index (χ1n) is 7.15. The fourth-order valence-electron chi connectivity index (χ4n) is 2.13. The zero-order valence-electron chi connectivity index (χ0n) is 12.8. The van der Waals surface area contributed by atoms with Crippen LogP contribution in [0.4, 0.5) is 0 Å². The summed E-state index contributed by atoms with van der Waals surface area (Å²) in [6.07, 6.45) is 0.730. The highest BCUT2D eigenvalue weighted by molar-refractivity contribution is 5.47. The molecule has 0 aliphatic heterocycles. The van der Waals surface area contributed by atoms with Gasteiger partial charge in [-0.3, -0.25) is 0 Å². The molecule has 0 bridgehead atoms. The number of ether oxygens (including phenoxy) is 2. The van der Waals surface area contributed by atoms with Crippen molar-refractivity contribution in [1.29, 1.82) is 0 Å². The molecule has 5 nitrogen and oxygen atoms in total. The minimum Gasteiger partial charge on any atom is -0.490 e. The Morgan fingerprint density at radius 3 is 2.76 bits per heavy atom. The number of nitrogens with two attached hydrogens (primary N) is 1. The molecule has 1 atom stereocenters. The summed E-state index contributed by atoms with van der Waals surface area (Å²) in [6.45, 7) is 6.70. The minimum absolute atomic E-state index is 0.0542. The van der Waals surface area contributed by atoms with Gasteiger partial charge in [-0.05, 0) is 38.8 Å². The van der Waals surface area contributed by atoms with Crippen molar-refractivity contribution in [2.75, 3.05) is 6.61 Å². The first kappa shape index (κ1) is 15.4. The van der Waals surface area contributed by atoms with Crippen molar-refractivity contribution in [3.05, 3.63) is 41.3 Å². The lowest BCUT2D eigenvalue weighted by molar-refractivity contribution is 0.257. The Hall–Kier alpha value is -2.01. The van der Waals surface area contributed by atoms with Crippen molar-refractivity contribution in [1.82, 2.24) is 5.16 Å². The average molecular weight is 290 g/mol. The van der Waals surface area contributed by atoms with E-state index in [1.807, 2.05) is 45.0 Å². The molecule has 2 rings (SSSR count). The fourth-order valence-corrected chi connectivity index (χ4v) is 2.13. The second-order valence-corrected chi connectivity index (χ2v) is 5.08. The summed E-state index contributed by atoms with van der Waals surface area (Å²) in [7, 11) is 0. The van der Waals surface area contributed by atoms with Gasteiger partial charge in [0.1, 0.15) is 18.1 Å². The molecule has 0 amide bonds. The summed E-state index contributed by atoms with van der Waals surface area (Å²) in [6, 6.07) is 7.77. The van der Waals surface area contributed by atoms with Gasteiger partial charge >= 0.3 is 0 Å². The van der Waals surface area contributed by atoms with Crippen LogP contribution in [0, 0.1) is 6.92 Å². The molecule has 114 valence electrons. The van der Waals surface area contributed by atoms with Gasteiger partial charge < -0.3 is 19.7 Å². The molecule has 1 unspecified atom stereocenters. The lowest BCUT2D eigenvalue weighted by atomic mass is 10.1. The smallest absolute Gasteiger partial charge is 0.165 e. The number of benzene rings is 1. The molecule has 1 aromatic carbocycles. The molecule has 0 spiro atoms. The predicted molar refractivity (Wildman–Crippen MR) is 80.5 cm³/mol. The fraction of sp³-hybridized carbons (Fsp3) is 0.438. The maximum absolute atomic E-state index is 5.92. The second kappa shape index (κ2) is 7.13. The van der Waals surface area contributed by atoms with Crippen LogP contribution in [-0.4, -0.2) is 17.8 Å². The van der Waals surface area contributed by atoms with E-state index in [-0.39, 0.29) is 6.04 Å². The van der Waals surface area contributed by atoms with Crippen LogP contribution in [0.25, 0.3) is 0 Å². The molecule has 5 heteroatoms. The largest absolute Gasteiger partial charge is 0.490 e. The van der Waals surface area contributed by atoms with E-state index in [1.165, 1.54) is 0 Å². The van der Waals surface area contributed by atoms with E-state index in [0.717, 1.165) is 34.9 Å². The SMILES string of the molecule is CCOc1cccc(CC(C)N)c1OCc1cc(C)on1. The first-order chi connectivity index (χ1) is 10.1. The molecule has 0 radical (unpaired) electrons. The summed E-state index contributed by atoms with van der Waals surface area (Å²) in [4.78, 5) is 0. The number of nitrogens with zero attached hydrogens (tertiary/aromatic N) is 1. The van der Waals surface area contributed by atoms with Crippen molar-refractivity contribution < 1.29 is 14.0 Å². The average Bonchev–Trinajstić information content (AvgIpc) is 2.83. The second-order valence-electron chi connectivity index (χ2n) is 5.08. The Labute approximate surface area is 125 Å². The van der Waals surface area contributed by atoms with E-state index in [1.54, 1.807) is 0 Å². The van der Waals surface area contributed by atoms with E-state index < -0.39 is 0 Å². The predicted octanol–water partition coefficient (Wildman–Crippen LogP) is 2.85. The van der Waals surface area contributed by atoms with Crippen LogP contribution >= 0.6 is 0 Å². The highest BCUT2D eigenvalue weighted by atomic mass is 16.5. The maximum atomic E-state index is 5.92. The number of aryl methyl sites for hydroxylation is 1. The molecule has 2 N–H and O–H groups in total. The summed E-state index contributed by atoms with van der Waals surface area (Å²) in [5.41, 5.74) is 7.70. The Morgan fingerprint density at radius 1 is 1.33 bits per heavy atom. The topological polar surface area (TPSA) is 70.5 Å². The van der Waals surface area contributed by atoms with E-state index >= 15 is 0 Å². The van der Waals surface area contributed by atoms with Gasteiger partial charge in [-0.2, -0.15) is 0 Å². The number of rotatable bonds is 7. The molecule has 0 saturated carbocycles. The van der Waals surface area contributed by atoms with Crippen molar-refractivity contribution in [3.63, 3.8) is 0 Å². The van der Waals surface area contributed by atoms with Gasteiger partial charge in [-0.25, -0.2) is 0 Å². The van der Waals surface area contributed by atoms with Gasteiger partial charge in [-0.1, -0.05) is 17.3 Å². The number of hydrogen-bond acceptors (Lipinski definition) is 5. The zero-order valence-corrected chi connectivity index (χ0v) is 12.8. The maximum Gasteiger partial charge on any atom is 0.165 e. The monoisotopic (exact) mass is 290 g/mol. The van der Waals surface area contributed by atoms with Crippen molar-refractivity contribution >= 4 is 0 Å². The Balaban J connectivity index is 2.20. The van der Waals surface area contributed by atoms with Crippen LogP contribution in [0.15, 0.2) is 28.8 Å². The van der Waals surface area contributed by atoms with Crippen LogP contribution in [0.1, 0.15) is 30.9 Å². The third-order valence-electron chi connectivity index (χ3n) is 2.94. The summed E-state index contributed by atoms with van der Waals surface area (Å²) in [5.74, 6) is 2.23. The molecule has 1 aromatic heterocycles. The number of para-hydroxylation sites is 1. The standard InChI is InChI=1S/C16H22N2O3/c1-4-19-15-7-5-6-13(8-11(2)17)16(15)20-10-14-9-12(3)21-18-14/h5-7,9,11H,4,8,10,17H2,1-3H3. The van der Waals surface area contributed by atoms with Crippen LogP contribution in [0.3, 0.4) is 0 Å². The van der Waals surface area contributed by atoms with Gasteiger partial charge in [0.15, 0.2) is 11.5 Å². The van der Waals surface area contributed by atoms with Crippen LogP contribution in [0.2, 0.25) is 0 Å². The van der Waals surface area contributed by atoms with E-state index in [9.17, 15) is 0 Å². The van der Waals surface area contributed by atoms with E-state index in [4.69, 9.17) is 19.7 Å². The number of hydrogen-bond donors (Lipinski definition) is 1. The molecular formula is C16H22N2O3. The van der Waals surface area contributed by atoms with Crippen LogP contribution in [-0.2, 0) is 13.0 Å². The van der Waals surface area contributed by atoms with E-state index in [2.05, 4.69) is 5.16 Å². The zero-order chi connectivity index (χ0) is 15.2. The molecule has 0 fully saturated rings. The van der Waals surface area contributed by atoms with Crippen molar-refractivity contribution in [2.24, 2.45) is 5.73 Å². The minimum atomic E-state index is 0.0542. The van der Waals surface area contributed by atoms with Crippen molar-refractivity contribution in [2.45, 2.75) is 39.8 Å². The lowest BCUT2D eigenvalue weighted by Gasteiger charge is -2.16. The molecule has 0 aliphatic rings. The van der Waals surface area contributed by atoms with Gasteiger partial charge in [0.05, 0.1) is 6.61 Å². The molecule has 0 saturated heterocycles. The van der Waals surface area contributed by atoms with Gasteiger partial charge in [-0.15, -0.1) is 0 Å². The normalized spacial score (nSPS) is 12.2. The summed E-state index contributed by atoms with van der Waals surface area (Å²) >= 11 is 0. The lowest BCUT2D eigenvalue weighted by Crippen LogP contribution is -2.18. The molecular weight excluding hydrogens is 268 g/mol. The Kier molecular flexibility index (Phi) is 5.22. The van der Waals surface area contributed by atoms with Gasteiger partial charge in [0.2, 0.25) is 0 Å².